The second-order valence-electron chi connectivity index (χ2n) is 7.56. The van der Waals surface area contributed by atoms with E-state index < -0.39 is 0 Å². The van der Waals surface area contributed by atoms with Crippen LogP contribution >= 0.6 is 0 Å². The molecule has 4 saturated carbocycles. The highest BCUT2D eigenvalue weighted by Gasteiger charge is 2.54. The van der Waals surface area contributed by atoms with Gasteiger partial charge >= 0.3 is 0 Å². The van der Waals surface area contributed by atoms with Crippen molar-refractivity contribution in [1.29, 1.82) is 5.26 Å². The third-order valence-corrected chi connectivity index (χ3v) is 6.32. The van der Waals surface area contributed by atoms with Gasteiger partial charge in [0.1, 0.15) is 0 Å². The van der Waals surface area contributed by atoms with Gasteiger partial charge < -0.3 is 10.6 Å². The van der Waals surface area contributed by atoms with Crippen LogP contribution in [0.5, 0.6) is 0 Å². The van der Waals surface area contributed by atoms with Crippen LogP contribution in [0.2, 0.25) is 0 Å². The van der Waals surface area contributed by atoms with Crippen LogP contribution in [0.1, 0.15) is 46.0 Å². The van der Waals surface area contributed by atoms with Gasteiger partial charge in [-0.2, -0.15) is 5.26 Å². The first-order valence-corrected chi connectivity index (χ1v) is 7.94. The summed E-state index contributed by atoms with van der Waals surface area (Å²) in [6, 6.07) is 0.219. The van der Waals surface area contributed by atoms with E-state index in [1.165, 1.54) is 19.3 Å². The number of carbonyl (C=O) groups excluding carboxylic acids is 1. The van der Waals surface area contributed by atoms with E-state index in [9.17, 15) is 4.79 Å². The van der Waals surface area contributed by atoms with E-state index in [4.69, 9.17) is 5.26 Å². The van der Waals surface area contributed by atoms with Gasteiger partial charge in [0, 0.05) is 18.5 Å². The Balaban J connectivity index is 1.42. The van der Waals surface area contributed by atoms with Crippen molar-refractivity contribution in [3.05, 3.63) is 0 Å². The average molecular weight is 275 g/mol. The van der Waals surface area contributed by atoms with Gasteiger partial charge in [-0.1, -0.05) is 13.8 Å². The Morgan fingerprint density at radius 3 is 2.65 bits per heavy atom. The van der Waals surface area contributed by atoms with Crippen LogP contribution in [-0.2, 0) is 4.79 Å². The monoisotopic (exact) mass is 275 g/mol. The van der Waals surface area contributed by atoms with Gasteiger partial charge in [0.25, 0.3) is 0 Å². The summed E-state index contributed by atoms with van der Waals surface area (Å²) in [6.07, 6.45) is 7.55. The smallest absolute Gasteiger partial charge is 0.223 e. The van der Waals surface area contributed by atoms with Crippen molar-refractivity contribution in [2.45, 2.75) is 52.0 Å². The Hall–Kier alpha value is -1.24. The van der Waals surface area contributed by atoms with Crippen molar-refractivity contribution < 1.29 is 4.79 Å². The van der Waals surface area contributed by atoms with Crippen LogP contribution < -0.4 is 10.6 Å². The molecule has 0 heterocycles. The summed E-state index contributed by atoms with van der Waals surface area (Å²) < 4.78 is 0. The van der Waals surface area contributed by atoms with Gasteiger partial charge in [-0.25, -0.2) is 0 Å². The van der Waals surface area contributed by atoms with Crippen molar-refractivity contribution in [3.63, 3.8) is 0 Å². The third-order valence-electron chi connectivity index (χ3n) is 6.32. The van der Waals surface area contributed by atoms with Crippen LogP contribution in [0.25, 0.3) is 0 Å². The number of nitrogens with one attached hydrogen (secondary N) is 2. The first kappa shape index (κ1) is 13.7. The Kier molecular flexibility index (Phi) is 3.40. The molecule has 4 nitrogen and oxygen atoms in total. The fourth-order valence-corrected chi connectivity index (χ4v) is 4.62. The van der Waals surface area contributed by atoms with Crippen molar-refractivity contribution >= 4 is 5.91 Å². The molecule has 4 fully saturated rings. The van der Waals surface area contributed by atoms with Crippen LogP contribution in [0.3, 0.4) is 0 Å². The molecule has 4 rings (SSSR count). The molecule has 4 aliphatic carbocycles. The molecule has 20 heavy (non-hydrogen) atoms. The summed E-state index contributed by atoms with van der Waals surface area (Å²) in [4.78, 5) is 12.1. The topological polar surface area (TPSA) is 64.9 Å². The summed E-state index contributed by atoms with van der Waals surface area (Å²) in [7, 11) is 0. The average Bonchev–Trinajstić information content (AvgIpc) is 2.39. The molecule has 0 saturated heterocycles. The number of carbonyl (C=O) groups is 1. The number of hydrogen-bond acceptors (Lipinski definition) is 3. The molecule has 2 bridgehead atoms. The maximum atomic E-state index is 12.1. The summed E-state index contributed by atoms with van der Waals surface area (Å²) >= 11 is 0. The minimum absolute atomic E-state index is 0.117. The molecule has 0 aromatic rings. The summed E-state index contributed by atoms with van der Waals surface area (Å²) in [6.45, 7) is 5.64. The number of fused-ring (bicyclic) bond motifs is 2. The van der Waals surface area contributed by atoms with Gasteiger partial charge in [0.05, 0.1) is 0 Å². The van der Waals surface area contributed by atoms with E-state index >= 15 is 0 Å². The Bertz CT molecular complexity index is 431. The zero-order chi connectivity index (χ0) is 14.3. The molecule has 0 aliphatic heterocycles. The van der Waals surface area contributed by atoms with E-state index in [0.29, 0.717) is 11.3 Å². The van der Waals surface area contributed by atoms with Crippen LogP contribution in [-0.4, -0.2) is 18.5 Å². The molecule has 110 valence electrons. The molecule has 4 heteroatoms. The highest BCUT2D eigenvalue weighted by atomic mass is 16.1. The first-order chi connectivity index (χ1) is 9.52. The molecule has 0 radical (unpaired) electrons. The molecule has 3 atom stereocenters. The van der Waals surface area contributed by atoms with Gasteiger partial charge in [0.15, 0.2) is 6.19 Å². The lowest BCUT2D eigenvalue weighted by atomic mass is 9.45. The molecule has 0 spiro atoms. The Labute approximate surface area is 121 Å². The van der Waals surface area contributed by atoms with Crippen molar-refractivity contribution in [2.75, 3.05) is 6.54 Å². The molecule has 1 amide bonds. The highest BCUT2D eigenvalue weighted by molar-refractivity contribution is 5.79. The standard InChI is InChI=1S/C16H25N3O/c1-16(2)12-4-3-10(14(16)7-12)8-18-15(20)11-5-13(6-11)19-9-17/h10-14,19H,3-8H2,1-2H3,(H,18,20)/t10-,11?,12?,13?,14?/m0/s1. The highest BCUT2D eigenvalue weighted by Crippen LogP contribution is 2.61. The molecular weight excluding hydrogens is 250 g/mol. The fourth-order valence-electron chi connectivity index (χ4n) is 4.62. The fraction of sp³-hybridized carbons (Fsp3) is 0.875. The Morgan fingerprint density at radius 1 is 1.30 bits per heavy atom. The minimum Gasteiger partial charge on any atom is -0.356 e. The maximum absolute atomic E-state index is 12.1. The number of rotatable bonds is 4. The van der Waals surface area contributed by atoms with Gasteiger partial charge in [-0.05, 0) is 55.3 Å². The largest absolute Gasteiger partial charge is 0.356 e. The minimum atomic E-state index is 0.117. The maximum Gasteiger partial charge on any atom is 0.223 e. The lowest BCUT2D eigenvalue weighted by molar-refractivity contribution is -0.131. The first-order valence-electron chi connectivity index (χ1n) is 7.94. The number of amides is 1. The molecule has 0 aromatic carbocycles. The van der Waals surface area contributed by atoms with E-state index in [2.05, 4.69) is 24.5 Å². The lowest BCUT2D eigenvalue weighted by Crippen LogP contribution is -2.55. The zero-order valence-electron chi connectivity index (χ0n) is 12.5. The predicted octanol–water partition coefficient (Wildman–Crippen LogP) is 2.02. The van der Waals surface area contributed by atoms with E-state index in [1.54, 1.807) is 0 Å². The lowest BCUT2D eigenvalue weighted by Gasteiger charge is -2.60. The predicted molar refractivity (Wildman–Crippen MR) is 76.4 cm³/mol. The molecule has 2 unspecified atom stereocenters. The SMILES string of the molecule is CC1(C)C2CC[C@@H](CNC(=O)C3CC(NC#N)C3)C1C2. The van der Waals surface area contributed by atoms with Gasteiger partial charge in [-0.15, -0.1) is 0 Å². The third kappa shape index (κ3) is 2.17. The normalized spacial score (nSPS) is 40.8. The Morgan fingerprint density at radius 2 is 2.05 bits per heavy atom. The molecular formula is C16H25N3O. The second-order valence-corrected chi connectivity index (χ2v) is 7.56. The van der Waals surface area contributed by atoms with Crippen molar-refractivity contribution in [3.8, 4) is 6.19 Å². The number of hydrogen-bond donors (Lipinski definition) is 2. The molecule has 4 aliphatic rings. The quantitative estimate of drug-likeness (QED) is 0.609. The molecule has 2 N–H and O–H groups in total. The van der Waals surface area contributed by atoms with Crippen molar-refractivity contribution in [1.82, 2.24) is 10.6 Å². The van der Waals surface area contributed by atoms with E-state index in [-0.39, 0.29) is 17.9 Å². The van der Waals surface area contributed by atoms with Crippen molar-refractivity contribution in [2.24, 2.45) is 29.1 Å². The summed E-state index contributed by atoms with van der Waals surface area (Å²) in [5.74, 6) is 2.71. The van der Waals surface area contributed by atoms with Gasteiger partial charge in [0.2, 0.25) is 5.91 Å². The van der Waals surface area contributed by atoms with Crippen LogP contribution in [0.4, 0.5) is 0 Å². The second kappa shape index (κ2) is 4.95. The van der Waals surface area contributed by atoms with E-state index in [1.807, 2.05) is 6.19 Å². The molecule has 0 aromatic heterocycles. The summed E-state index contributed by atoms with van der Waals surface area (Å²) in [5, 5.41) is 14.4. The van der Waals surface area contributed by atoms with Crippen LogP contribution in [0.15, 0.2) is 0 Å². The van der Waals surface area contributed by atoms with Gasteiger partial charge in [-0.3, -0.25) is 4.79 Å². The van der Waals surface area contributed by atoms with Crippen LogP contribution in [0, 0.1) is 40.5 Å². The summed E-state index contributed by atoms with van der Waals surface area (Å²) in [5.41, 5.74) is 0.492. The van der Waals surface area contributed by atoms with E-state index in [0.717, 1.165) is 31.2 Å². The zero-order valence-corrected chi connectivity index (χ0v) is 12.5. The number of nitrogens with zero attached hydrogens (tertiary/aromatic N) is 1. The number of nitriles is 1.